The maximum atomic E-state index is 3.88. The second kappa shape index (κ2) is 13.2. The molecular formula is C52H34BrN3. The Bertz CT molecular complexity index is 3210. The number of halogens is 1. The predicted octanol–water partition coefficient (Wildman–Crippen LogP) is 14.9. The van der Waals surface area contributed by atoms with E-state index in [1.807, 2.05) is 0 Å². The lowest BCUT2D eigenvalue weighted by molar-refractivity contribution is 1.18. The Morgan fingerprint density at radius 2 is 0.875 bits per heavy atom. The van der Waals surface area contributed by atoms with Crippen LogP contribution < -0.4 is 4.90 Å². The highest BCUT2D eigenvalue weighted by Gasteiger charge is 2.19. The summed E-state index contributed by atoms with van der Waals surface area (Å²) in [4.78, 5) is 2.41. The standard InChI is InChI=1S/C52H34BrN3/c53-38-31-37(32-42(33-38)56-49-21-9-6-18-44(49)45-19-7-10-22-50(45)56)35-25-27-40(28-26-35)54(48-24-12-14-36-13-4-5-17-43(36)48)41-29-30-52-47(34-41)46-20-8-11-23-51(46)55(52)39-15-2-1-3-16-39/h1-34H. The molecule has 11 rings (SSSR count). The van der Waals surface area contributed by atoms with Crippen molar-refractivity contribution in [3.63, 3.8) is 0 Å². The number of rotatable bonds is 6. The van der Waals surface area contributed by atoms with Gasteiger partial charge in [0.05, 0.1) is 27.8 Å². The second-order valence-electron chi connectivity index (χ2n) is 14.3. The molecule has 9 aromatic carbocycles. The Labute approximate surface area is 333 Å². The molecule has 0 fully saturated rings. The highest BCUT2D eigenvalue weighted by atomic mass is 79.9. The van der Waals surface area contributed by atoms with Crippen molar-refractivity contribution >= 4 is 87.4 Å². The molecule has 0 spiro atoms. The van der Waals surface area contributed by atoms with E-state index in [1.165, 1.54) is 54.4 Å². The van der Waals surface area contributed by atoms with Crippen molar-refractivity contribution in [1.29, 1.82) is 0 Å². The summed E-state index contributed by atoms with van der Waals surface area (Å²) < 4.78 is 5.79. The average molecular weight is 781 g/mol. The number of benzene rings is 9. The van der Waals surface area contributed by atoms with Gasteiger partial charge in [0.15, 0.2) is 0 Å². The molecule has 56 heavy (non-hydrogen) atoms. The molecule has 0 saturated heterocycles. The number of anilines is 3. The van der Waals surface area contributed by atoms with Crippen molar-refractivity contribution < 1.29 is 0 Å². The number of fused-ring (bicyclic) bond motifs is 7. The van der Waals surface area contributed by atoms with E-state index in [2.05, 4.69) is 236 Å². The molecule has 0 aliphatic rings. The van der Waals surface area contributed by atoms with Crippen LogP contribution in [0.5, 0.6) is 0 Å². The Morgan fingerprint density at radius 3 is 1.57 bits per heavy atom. The van der Waals surface area contributed by atoms with Crippen molar-refractivity contribution in [2.45, 2.75) is 0 Å². The van der Waals surface area contributed by atoms with Gasteiger partial charge in [-0.3, -0.25) is 0 Å². The van der Waals surface area contributed by atoms with Gasteiger partial charge in [-0.1, -0.05) is 137 Å². The molecule has 2 aromatic heterocycles. The summed E-state index contributed by atoms with van der Waals surface area (Å²) in [5.74, 6) is 0. The molecule has 0 amide bonds. The summed E-state index contributed by atoms with van der Waals surface area (Å²) in [6, 6.07) is 74.6. The molecule has 0 unspecified atom stereocenters. The van der Waals surface area contributed by atoms with Crippen LogP contribution in [0.2, 0.25) is 0 Å². The van der Waals surface area contributed by atoms with Crippen LogP contribution in [0.3, 0.4) is 0 Å². The van der Waals surface area contributed by atoms with Gasteiger partial charge in [0.25, 0.3) is 0 Å². The van der Waals surface area contributed by atoms with Crippen LogP contribution in [0, 0.1) is 0 Å². The van der Waals surface area contributed by atoms with E-state index < -0.39 is 0 Å². The lowest BCUT2D eigenvalue weighted by Gasteiger charge is -2.27. The third-order valence-electron chi connectivity index (χ3n) is 11.1. The van der Waals surface area contributed by atoms with Gasteiger partial charge in [-0.2, -0.15) is 0 Å². The van der Waals surface area contributed by atoms with E-state index in [9.17, 15) is 0 Å². The fourth-order valence-electron chi connectivity index (χ4n) is 8.66. The first-order valence-electron chi connectivity index (χ1n) is 19.0. The van der Waals surface area contributed by atoms with E-state index in [1.54, 1.807) is 0 Å². The molecule has 0 atom stereocenters. The van der Waals surface area contributed by atoms with Crippen molar-refractivity contribution in [1.82, 2.24) is 9.13 Å². The first-order chi connectivity index (χ1) is 27.7. The molecule has 0 aliphatic heterocycles. The molecule has 0 saturated carbocycles. The highest BCUT2D eigenvalue weighted by Crippen LogP contribution is 2.43. The fourth-order valence-corrected chi connectivity index (χ4v) is 9.14. The van der Waals surface area contributed by atoms with Gasteiger partial charge in [-0.15, -0.1) is 0 Å². The average Bonchev–Trinajstić information content (AvgIpc) is 3.77. The van der Waals surface area contributed by atoms with Gasteiger partial charge in [0, 0.05) is 54.2 Å². The number of hydrogen-bond donors (Lipinski definition) is 0. The smallest absolute Gasteiger partial charge is 0.0542 e. The summed E-state index contributed by atoms with van der Waals surface area (Å²) in [6.45, 7) is 0. The highest BCUT2D eigenvalue weighted by molar-refractivity contribution is 9.10. The first-order valence-corrected chi connectivity index (χ1v) is 19.7. The lowest BCUT2D eigenvalue weighted by Crippen LogP contribution is -2.10. The van der Waals surface area contributed by atoms with Crippen LogP contribution in [0.25, 0.3) is 76.9 Å². The number of nitrogens with zero attached hydrogens (tertiary/aromatic N) is 3. The third kappa shape index (κ3) is 5.25. The van der Waals surface area contributed by atoms with Gasteiger partial charge >= 0.3 is 0 Å². The topological polar surface area (TPSA) is 13.1 Å². The third-order valence-corrected chi connectivity index (χ3v) is 11.6. The van der Waals surface area contributed by atoms with Gasteiger partial charge in [-0.05, 0) is 101 Å². The van der Waals surface area contributed by atoms with Crippen molar-refractivity contribution in [2.75, 3.05) is 4.90 Å². The zero-order valence-corrected chi connectivity index (χ0v) is 31.9. The summed E-state index contributed by atoms with van der Waals surface area (Å²) in [6.07, 6.45) is 0. The van der Waals surface area contributed by atoms with Crippen LogP contribution in [-0.2, 0) is 0 Å². The van der Waals surface area contributed by atoms with Crippen LogP contribution >= 0.6 is 15.9 Å². The van der Waals surface area contributed by atoms with E-state index in [4.69, 9.17) is 0 Å². The largest absolute Gasteiger partial charge is 0.310 e. The lowest BCUT2D eigenvalue weighted by atomic mass is 10.0. The summed E-state index contributed by atoms with van der Waals surface area (Å²) in [5, 5.41) is 7.37. The minimum Gasteiger partial charge on any atom is -0.310 e. The van der Waals surface area contributed by atoms with Crippen LogP contribution in [0.4, 0.5) is 17.1 Å². The predicted molar refractivity (Wildman–Crippen MR) is 240 cm³/mol. The molecule has 0 aliphatic carbocycles. The van der Waals surface area contributed by atoms with E-state index in [0.717, 1.165) is 44.0 Å². The molecule has 0 N–H and O–H groups in total. The maximum Gasteiger partial charge on any atom is 0.0542 e. The van der Waals surface area contributed by atoms with Crippen LogP contribution in [0.1, 0.15) is 0 Å². The normalized spacial score (nSPS) is 11.7. The molecule has 0 bridgehead atoms. The Kier molecular flexibility index (Phi) is 7.64. The van der Waals surface area contributed by atoms with Gasteiger partial charge in [0.1, 0.15) is 0 Å². The van der Waals surface area contributed by atoms with Crippen molar-refractivity contribution in [2.24, 2.45) is 0 Å². The SMILES string of the molecule is Brc1cc(-c2ccc(N(c3ccc4c(c3)c3ccccc3n4-c3ccccc3)c3cccc4ccccc34)cc2)cc(-n2c3ccccc3c3ccccc32)c1. The minimum atomic E-state index is 1.04. The maximum absolute atomic E-state index is 3.88. The van der Waals surface area contributed by atoms with E-state index in [-0.39, 0.29) is 0 Å². The number of hydrogen-bond acceptors (Lipinski definition) is 1. The van der Waals surface area contributed by atoms with Crippen molar-refractivity contribution in [3.8, 4) is 22.5 Å². The minimum absolute atomic E-state index is 1.04. The van der Waals surface area contributed by atoms with E-state index >= 15 is 0 Å². The van der Waals surface area contributed by atoms with Crippen LogP contribution in [0.15, 0.2) is 211 Å². The van der Waals surface area contributed by atoms with E-state index in [0.29, 0.717) is 0 Å². The molecule has 0 radical (unpaired) electrons. The molecule has 4 heteroatoms. The summed E-state index contributed by atoms with van der Waals surface area (Å²) in [5.41, 5.74) is 12.7. The Hall–Kier alpha value is -6.88. The first kappa shape index (κ1) is 32.5. The van der Waals surface area contributed by atoms with Crippen molar-refractivity contribution in [3.05, 3.63) is 211 Å². The Morgan fingerprint density at radius 1 is 0.339 bits per heavy atom. The van der Waals surface area contributed by atoms with Gasteiger partial charge in [0.2, 0.25) is 0 Å². The summed E-state index contributed by atoms with van der Waals surface area (Å²) in [7, 11) is 0. The molecular weight excluding hydrogens is 746 g/mol. The molecule has 2 heterocycles. The zero-order chi connectivity index (χ0) is 37.2. The monoisotopic (exact) mass is 779 g/mol. The quantitative estimate of drug-likeness (QED) is 0.164. The summed E-state index contributed by atoms with van der Waals surface area (Å²) >= 11 is 3.88. The zero-order valence-electron chi connectivity index (χ0n) is 30.3. The second-order valence-corrected chi connectivity index (χ2v) is 15.3. The fraction of sp³-hybridized carbons (Fsp3) is 0. The number of para-hydroxylation sites is 4. The van der Waals surface area contributed by atoms with Gasteiger partial charge in [-0.25, -0.2) is 0 Å². The Balaban J connectivity index is 1.07. The number of aromatic nitrogens is 2. The van der Waals surface area contributed by atoms with Crippen LogP contribution in [-0.4, -0.2) is 9.13 Å². The molecule has 11 aromatic rings. The van der Waals surface area contributed by atoms with Gasteiger partial charge < -0.3 is 14.0 Å². The molecule has 3 nitrogen and oxygen atoms in total. The molecule has 264 valence electrons.